The van der Waals surface area contributed by atoms with Gasteiger partial charge in [-0.3, -0.25) is 0 Å². The van der Waals surface area contributed by atoms with Crippen molar-refractivity contribution in [1.82, 2.24) is 4.57 Å². The molecular weight excluding hydrogens is 274 g/mol. The number of carbonyl (C=O) groups is 1. The summed E-state index contributed by atoms with van der Waals surface area (Å²) in [7, 11) is 0. The standard InChI is InChI=1S/C19H19NO2/c21-18(22)19(12-6-1-7-13-19)20-16-10-4-2-8-14(16)15-9-3-5-11-17(15)20/h2-5,8-11H,1,6-7,12-13H2,(H,21,22). The van der Waals surface area contributed by atoms with E-state index in [1.165, 1.54) is 0 Å². The second-order valence-corrected chi connectivity index (χ2v) is 6.27. The van der Waals surface area contributed by atoms with E-state index in [1.807, 2.05) is 24.3 Å². The van der Waals surface area contributed by atoms with Crippen molar-refractivity contribution in [1.29, 1.82) is 0 Å². The third-order valence-corrected chi connectivity index (χ3v) is 5.09. The third-order valence-electron chi connectivity index (χ3n) is 5.09. The van der Waals surface area contributed by atoms with Crippen LogP contribution in [0.5, 0.6) is 0 Å². The molecule has 4 rings (SSSR count). The second kappa shape index (κ2) is 4.87. The molecule has 3 heteroatoms. The van der Waals surface area contributed by atoms with E-state index in [9.17, 15) is 9.90 Å². The lowest BCUT2D eigenvalue weighted by Crippen LogP contribution is -2.43. The van der Waals surface area contributed by atoms with Crippen LogP contribution in [0.2, 0.25) is 0 Å². The number of nitrogens with zero attached hydrogens (tertiary/aromatic N) is 1. The molecule has 0 spiro atoms. The molecule has 1 N–H and O–H groups in total. The van der Waals surface area contributed by atoms with Crippen LogP contribution in [0.1, 0.15) is 32.1 Å². The molecule has 3 aromatic rings. The van der Waals surface area contributed by atoms with Crippen molar-refractivity contribution in [3.8, 4) is 0 Å². The predicted molar refractivity (Wildman–Crippen MR) is 88.1 cm³/mol. The van der Waals surface area contributed by atoms with E-state index in [2.05, 4.69) is 28.8 Å². The largest absolute Gasteiger partial charge is 0.479 e. The monoisotopic (exact) mass is 293 g/mol. The van der Waals surface area contributed by atoms with E-state index in [1.54, 1.807) is 0 Å². The lowest BCUT2D eigenvalue weighted by Gasteiger charge is -2.36. The van der Waals surface area contributed by atoms with E-state index >= 15 is 0 Å². The highest BCUT2D eigenvalue weighted by Crippen LogP contribution is 2.41. The highest BCUT2D eigenvalue weighted by atomic mass is 16.4. The van der Waals surface area contributed by atoms with Crippen LogP contribution in [-0.2, 0) is 10.3 Å². The molecule has 1 aromatic heterocycles. The van der Waals surface area contributed by atoms with E-state index in [-0.39, 0.29) is 0 Å². The van der Waals surface area contributed by atoms with Gasteiger partial charge in [-0.25, -0.2) is 4.79 Å². The van der Waals surface area contributed by atoms with Gasteiger partial charge in [-0.2, -0.15) is 0 Å². The van der Waals surface area contributed by atoms with Gasteiger partial charge in [0.15, 0.2) is 0 Å². The third kappa shape index (κ3) is 1.71. The fourth-order valence-corrected chi connectivity index (χ4v) is 4.05. The van der Waals surface area contributed by atoms with Crippen molar-refractivity contribution in [3.63, 3.8) is 0 Å². The molecule has 1 aliphatic carbocycles. The maximum absolute atomic E-state index is 12.2. The van der Waals surface area contributed by atoms with Gasteiger partial charge in [-0.15, -0.1) is 0 Å². The Morgan fingerprint density at radius 3 is 1.86 bits per heavy atom. The molecule has 0 saturated heterocycles. The van der Waals surface area contributed by atoms with Crippen LogP contribution in [0.3, 0.4) is 0 Å². The molecule has 22 heavy (non-hydrogen) atoms. The van der Waals surface area contributed by atoms with Gasteiger partial charge in [0.1, 0.15) is 5.54 Å². The summed E-state index contributed by atoms with van der Waals surface area (Å²) in [5, 5.41) is 12.3. The van der Waals surface area contributed by atoms with Crippen LogP contribution in [0.25, 0.3) is 21.8 Å². The fourth-order valence-electron chi connectivity index (χ4n) is 4.05. The van der Waals surface area contributed by atoms with Crippen LogP contribution in [0, 0.1) is 0 Å². The molecule has 0 amide bonds. The normalized spacial score (nSPS) is 17.8. The lowest BCUT2D eigenvalue weighted by molar-refractivity contribution is -0.149. The molecule has 0 radical (unpaired) electrons. The number of hydrogen-bond acceptors (Lipinski definition) is 1. The molecule has 3 nitrogen and oxygen atoms in total. The minimum atomic E-state index is -0.805. The minimum Gasteiger partial charge on any atom is -0.479 e. The number of benzene rings is 2. The predicted octanol–water partition coefficient (Wildman–Crippen LogP) is 4.54. The molecule has 0 atom stereocenters. The second-order valence-electron chi connectivity index (χ2n) is 6.27. The zero-order chi connectivity index (χ0) is 15.2. The van der Waals surface area contributed by atoms with Crippen molar-refractivity contribution >= 4 is 27.8 Å². The highest BCUT2D eigenvalue weighted by Gasteiger charge is 2.43. The van der Waals surface area contributed by atoms with Crippen LogP contribution in [0.4, 0.5) is 0 Å². The summed E-state index contributed by atoms with van der Waals surface area (Å²) in [4.78, 5) is 12.2. The van der Waals surface area contributed by atoms with Crippen molar-refractivity contribution in [3.05, 3.63) is 48.5 Å². The summed E-state index contributed by atoms with van der Waals surface area (Å²) in [6.45, 7) is 0. The first-order chi connectivity index (χ1) is 10.7. The molecule has 2 aromatic carbocycles. The first kappa shape index (κ1) is 13.4. The number of aliphatic carboxylic acids is 1. The Labute approximate surface area is 129 Å². The average Bonchev–Trinajstić information content (AvgIpc) is 2.90. The maximum atomic E-state index is 12.2. The first-order valence-corrected chi connectivity index (χ1v) is 7.96. The number of fused-ring (bicyclic) bond motifs is 3. The van der Waals surface area contributed by atoms with Crippen molar-refractivity contribution in [2.45, 2.75) is 37.6 Å². The number of hydrogen-bond donors (Lipinski definition) is 1. The van der Waals surface area contributed by atoms with Crippen molar-refractivity contribution in [2.24, 2.45) is 0 Å². The van der Waals surface area contributed by atoms with E-state index < -0.39 is 11.5 Å². The van der Waals surface area contributed by atoms with Gasteiger partial charge < -0.3 is 9.67 Å². The molecule has 1 saturated carbocycles. The van der Waals surface area contributed by atoms with Gasteiger partial charge in [-0.1, -0.05) is 55.7 Å². The summed E-state index contributed by atoms with van der Waals surface area (Å²) in [5.74, 6) is -0.696. The van der Waals surface area contributed by atoms with Gasteiger partial charge in [0.2, 0.25) is 0 Å². The number of carboxylic acid groups (broad SMARTS) is 1. The molecule has 0 unspecified atom stereocenters. The number of aromatic nitrogens is 1. The number of carboxylic acids is 1. The number of para-hydroxylation sites is 2. The van der Waals surface area contributed by atoms with Crippen LogP contribution in [-0.4, -0.2) is 15.6 Å². The van der Waals surface area contributed by atoms with Crippen LogP contribution >= 0.6 is 0 Å². The fraction of sp³-hybridized carbons (Fsp3) is 0.316. The molecule has 112 valence electrons. The highest BCUT2D eigenvalue weighted by molar-refractivity contribution is 6.09. The molecule has 0 bridgehead atoms. The molecular formula is C19H19NO2. The van der Waals surface area contributed by atoms with Gasteiger partial charge >= 0.3 is 5.97 Å². The van der Waals surface area contributed by atoms with Crippen molar-refractivity contribution < 1.29 is 9.90 Å². The Balaban J connectivity index is 2.13. The zero-order valence-corrected chi connectivity index (χ0v) is 12.5. The van der Waals surface area contributed by atoms with E-state index in [4.69, 9.17) is 0 Å². The summed E-state index contributed by atoms with van der Waals surface area (Å²) >= 11 is 0. The van der Waals surface area contributed by atoms with Gasteiger partial charge in [-0.05, 0) is 25.0 Å². The summed E-state index contributed by atoms with van der Waals surface area (Å²) in [6, 6.07) is 16.3. The quantitative estimate of drug-likeness (QED) is 0.753. The maximum Gasteiger partial charge on any atom is 0.329 e. The van der Waals surface area contributed by atoms with Crippen LogP contribution < -0.4 is 0 Å². The first-order valence-electron chi connectivity index (χ1n) is 7.96. The Morgan fingerprint density at radius 2 is 1.36 bits per heavy atom. The SMILES string of the molecule is O=C(O)C1(n2c3ccccc3c3ccccc32)CCCCC1. The molecule has 1 fully saturated rings. The van der Waals surface area contributed by atoms with E-state index in [0.717, 1.165) is 41.1 Å². The van der Waals surface area contributed by atoms with E-state index in [0.29, 0.717) is 12.8 Å². The molecule has 0 aliphatic heterocycles. The Morgan fingerprint density at radius 1 is 0.864 bits per heavy atom. The zero-order valence-electron chi connectivity index (χ0n) is 12.5. The smallest absolute Gasteiger partial charge is 0.329 e. The Bertz CT molecular complexity index is 803. The van der Waals surface area contributed by atoms with Gasteiger partial charge in [0, 0.05) is 10.8 Å². The number of rotatable bonds is 2. The minimum absolute atomic E-state index is 0.696. The summed E-state index contributed by atoms with van der Waals surface area (Å²) < 4.78 is 2.10. The van der Waals surface area contributed by atoms with Gasteiger partial charge in [0.05, 0.1) is 11.0 Å². The Hall–Kier alpha value is -2.29. The average molecular weight is 293 g/mol. The molecule has 1 heterocycles. The molecule has 1 aliphatic rings. The summed E-state index contributed by atoms with van der Waals surface area (Å²) in [5.41, 5.74) is 1.27. The summed E-state index contributed by atoms with van der Waals surface area (Å²) in [6.07, 6.45) is 4.52. The lowest BCUT2D eigenvalue weighted by atomic mass is 9.81. The topological polar surface area (TPSA) is 42.2 Å². The van der Waals surface area contributed by atoms with Crippen molar-refractivity contribution in [2.75, 3.05) is 0 Å². The Kier molecular flexibility index (Phi) is 2.96. The van der Waals surface area contributed by atoms with Gasteiger partial charge in [0.25, 0.3) is 0 Å². The van der Waals surface area contributed by atoms with Crippen LogP contribution in [0.15, 0.2) is 48.5 Å².